The number of carboxylic acid groups (broad SMARTS) is 1. The van der Waals surface area contributed by atoms with Gasteiger partial charge in [-0.15, -0.1) is 0 Å². The van der Waals surface area contributed by atoms with Crippen LogP contribution >= 0.6 is 0 Å². The average molecular weight is 590 g/mol. The molecule has 10 heteroatoms. The largest absolute Gasteiger partial charge is 0.465 e. The highest BCUT2D eigenvalue weighted by Crippen LogP contribution is 2.29. The first-order chi connectivity index (χ1) is 20.7. The summed E-state index contributed by atoms with van der Waals surface area (Å²) >= 11 is 0. The number of ether oxygens (including phenoxy) is 1. The van der Waals surface area contributed by atoms with Crippen LogP contribution in [0.5, 0.6) is 11.6 Å². The van der Waals surface area contributed by atoms with Gasteiger partial charge in [0.25, 0.3) is 5.91 Å². The molecule has 43 heavy (non-hydrogen) atoms. The fourth-order valence-corrected chi connectivity index (χ4v) is 6.12. The number of carbonyl (C=O) groups excluding carboxylic acids is 1. The first kappa shape index (κ1) is 30.4. The Morgan fingerprint density at radius 3 is 2.33 bits per heavy atom. The van der Waals surface area contributed by atoms with E-state index in [1.807, 2.05) is 18.2 Å². The molecule has 0 spiro atoms. The van der Waals surface area contributed by atoms with Gasteiger partial charge in [0.1, 0.15) is 17.1 Å². The molecule has 1 saturated carbocycles. The van der Waals surface area contributed by atoms with Gasteiger partial charge in [0.05, 0.1) is 6.20 Å². The molecule has 2 fully saturated rings. The van der Waals surface area contributed by atoms with E-state index in [4.69, 9.17) is 9.84 Å². The number of hydrogen-bond acceptors (Lipinski definition) is 6. The zero-order valence-corrected chi connectivity index (χ0v) is 24.7. The fourth-order valence-electron chi connectivity index (χ4n) is 6.12. The van der Waals surface area contributed by atoms with Crippen molar-refractivity contribution >= 4 is 12.0 Å². The molecular weight excluding hydrogens is 549 g/mol. The topological polar surface area (TPSA) is 116 Å². The van der Waals surface area contributed by atoms with E-state index in [0.29, 0.717) is 43.5 Å². The first-order valence-corrected chi connectivity index (χ1v) is 15.0. The predicted octanol–water partition coefficient (Wildman–Crippen LogP) is 5.21. The molecule has 5 rings (SSSR count). The van der Waals surface area contributed by atoms with Gasteiger partial charge in [-0.05, 0) is 80.8 Å². The van der Waals surface area contributed by atoms with Crippen LogP contribution in [0.25, 0.3) is 11.1 Å². The normalized spacial score (nSPS) is 22.5. The number of nitrogens with zero attached hydrogens (tertiary/aromatic N) is 2. The van der Waals surface area contributed by atoms with Crippen molar-refractivity contribution in [1.82, 2.24) is 25.8 Å². The van der Waals surface area contributed by atoms with Crippen molar-refractivity contribution in [3.05, 3.63) is 77.7 Å². The second-order valence-electron chi connectivity index (χ2n) is 11.8. The minimum absolute atomic E-state index is 0.00816. The molecule has 1 aliphatic carbocycles. The minimum atomic E-state index is -1.05. The monoisotopic (exact) mass is 589 g/mol. The van der Waals surface area contributed by atoms with Gasteiger partial charge >= 0.3 is 6.09 Å². The lowest BCUT2D eigenvalue weighted by Gasteiger charge is -2.36. The molecule has 1 aromatic heterocycles. The molecule has 9 nitrogen and oxygen atoms in total. The summed E-state index contributed by atoms with van der Waals surface area (Å²) in [5.74, 6) is -0.615. The van der Waals surface area contributed by atoms with Gasteiger partial charge in [0.2, 0.25) is 5.88 Å². The Hall–Kier alpha value is -4.02. The number of benzene rings is 2. The Morgan fingerprint density at radius 1 is 0.977 bits per heavy atom. The summed E-state index contributed by atoms with van der Waals surface area (Å²) in [6.45, 7) is 7.62. The second-order valence-corrected chi connectivity index (χ2v) is 11.8. The van der Waals surface area contributed by atoms with Crippen LogP contribution in [0.3, 0.4) is 0 Å². The second kappa shape index (κ2) is 14.0. The predicted molar refractivity (Wildman–Crippen MR) is 163 cm³/mol. The first-order valence-electron chi connectivity index (χ1n) is 15.0. The third kappa shape index (κ3) is 8.52. The summed E-state index contributed by atoms with van der Waals surface area (Å²) in [6, 6.07) is 17.9. The van der Waals surface area contributed by atoms with E-state index in [0.717, 1.165) is 49.4 Å². The standard InChI is InChI=1S/C33H40FN5O4/c1-21-19-39(20-22(2)36-21)15-14-23-6-8-24(9-7-23)25-4-3-5-29(16-25)43-32-30(17-26(34)18-35-32)31(40)37-27-10-12-28(13-11-27)38-33(41)42/h3-9,16-18,21-22,27-28,36,38H,10-15,19-20H2,1-2H3,(H,37,40)(H,41,42)/t21-,22+,27-,28-. The van der Waals surface area contributed by atoms with E-state index in [9.17, 15) is 14.0 Å². The smallest absolute Gasteiger partial charge is 0.404 e. The molecule has 0 unspecified atom stereocenters. The van der Waals surface area contributed by atoms with Crippen molar-refractivity contribution < 1.29 is 23.8 Å². The molecule has 2 heterocycles. The van der Waals surface area contributed by atoms with E-state index < -0.39 is 17.8 Å². The molecule has 3 aromatic rings. The Morgan fingerprint density at radius 2 is 1.65 bits per heavy atom. The number of halogens is 1. The molecule has 4 N–H and O–H groups in total. The highest BCUT2D eigenvalue weighted by atomic mass is 19.1. The summed E-state index contributed by atoms with van der Waals surface area (Å²) in [6.07, 6.45) is 3.43. The van der Waals surface area contributed by atoms with Crippen molar-refractivity contribution in [3.63, 3.8) is 0 Å². The van der Waals surface area contributed by atoms with Gasteiger partial charge in [-0.2, -0.15) is 0 Å². The lowest BCUT2D eigenvalue weighted by atomic mass is 9.91. The van der Waals surface area contributed by atoms with Crippen molar-refractivity contribution in [2.24, 2.45) is 0 Å². The molecule has 0 bridgehead atoms. The SMILES string of the molecule is C[C@@H]1CN(CCc2ccc(-c3cccc(Oc4ncc(F)cc4C(=O)N[C@H]4CC[C@H](NC(=O)O)CC4)c3)cc2)C[C@H](C)N1. The Balaban J connectivity index is 1.21. The van der Waals surface area contributed by atoms with Crippen LogP contribution in [-0.4, -0.2) is 70.8 Å². The molecule has 2 aliphatic rings. The maximum absolute atomic E-state index is 14.1. The summed E-state index contributed by atoms with van der Waals surface area (Å²) in [5.41, 5.74) is 3.28. The Bertz CT molecular complexity index is 1400. The van der Waals surface area contributed by atoms with E-state index in [-0.39, 0.29) is 23.5 Å². The van der Waals surface area contributed by atoms with Crippen molar-refractivity contribution in [1.29, 1.82) is 0 Å². The third-order valence-electron chi connectivity index (χ3n) is 8.14. The van der Waals surface area contributed by atoms with Gasteiger partial charge in [0.15, 0.2) is 0 Å². The van der Waals surface area contributed by atoms with Crippen molar-refractivity contribution in [2.45, 2.75) is 70.1 Å². The maximum Gasteiger partial charge on any atom is 0.404 e. The third-order valence-corrected chi connectivity index (χ3v) is 8.14. The molecule has 2 atom stereocenters. The molecule has 1 aliphatic heterocycles. The van der Waals surface area contributed by atoms with E-state index >= 15 is 0 Å². The maximum atomic E-state index is 14.1. The van der Waals surface area contributed by atoms with Crippen molar-refractivity contribution in [3.8, 4) is 22.8 Å². The molecule has 2 aromatic carbocycles. The summed E-state index contributed by atoms with van der Waals surface area (Å²) in [7, 11) is 0. The number of rotatable bonds is 9. The molecule has 2 amide bonds. The van der Waals surface area contributed by atoms with Gasteiger partial charge in [-0.1, -0.05) is 36.4 Å². The number of hydrogen-bond donors (Lipinski definition) is 4. The van der Waals surface area contributed by atoms with Crippen LogP contribution in [0.4, 0.5) is 9.18 Å². The van der Waals surface area contributed by atoms with Crippen LogP contribution in [0.15, 0.2) is 60.8 Å². The number of pyridine rings is 1. The van der Waals surface area contributed by atoms with Crippen LogP contribution in [0.1, 0.15) is 55.5 Å². The Kier molecular flexibility index (Phi) is 9.89. The van der Waals surface area contributed by atoms with E-state index in [1.165, 1.54) is 5.56 Å². The zero-order chi connectivity index (χ0) is 30.3. The van der Waals surface area contributed by atoms with E-state index in [1.54, 1.807) is 6.07 Å². The zero-order valence-electron chi connectivity index (χ0n) is 24.7. The number of amides is 2. The number of carbonyl (C=O) groups is 2. The molecule has 0 radical (unpaired) electrons. The fraction of sp³-hybridized carbons (Fsp3) is 0.424. The molecule has 228 valence electrons. The van der Waals surface area contributed by atoms with Crippen LogP contribution < -0.4 is 20.7 Å². The van der Waals surface area contributed by atoms with Crippen LogP contribution in [0, 0.1) is 5.82 Å². The number of nitrogens with one attached hydrogen (secondary N) is 3. The van der Waals surface area contributed by atoms with Gasteiger partial charge in [0, 0.05) is 43.8 Å². The highest BCUT2D eigenvalue weighted by molar-refractivity contribution is 5.96. The summed E-state index contributed by atoms with van der Waals surface area (Å²) in [5, 5.41) is 17.9. The lowest BCUT2D eigenvalue weighted by Crippen LogP contribution is -2.54. The van der Waals surface area contributed by atoms with Crippen LogP contribution in [0.2, 0.25) is 0 Å². The van der Waals surface area contributed by atoms with E-state index in [2.05, 4.69) is 63.9 Å². The van der Waals surface area contributed by atoms with Crippen molar-refractivity contribution in [2.75, 3.05) is 19.6 Å². The van der Waals surface area contributed by atoms with Gasteiger partial charge in [-0.25, -0.2) is 14.2 Å². The highest BCUT2D eigenvalue weighted by Gasteiger charge is 2.26. The number of piperazine rings is 1. The Labute approximate surface area is 251 Å². The summed E-state index contributed by atoms with van der Waals surface area (Å²) < 4.78 is 20.2. The van der Waals surface area contributed by atoms with Gasteiger partial charge < -0.3 is 25.8 Å². The quantitative estimate of drug-likeness (QED) is 0.271. The lowest BCUT2D eigenvalue weighted by molar-refractivity contribution is 0.0919. The van der Waals surface area contributed by atoms with Crippen LogP contribution in [-0.2, 0) is 6.42 Å². The molecule has 1 saturated heterocycles. The minimum Gasteiger partial charge on any atom is -0.465 e. The average Bonchev–Trinajstić information content (AvgIpc) is 2.98. The van der Waals surface area contributed by atoms with Gasteiger partial charge in [-0.3, -0.25) is 9.69 Å². The number of aromatic nitrogens is 1. The summed E-state index contributed by atoms with van der Waals surface area (Å²) in [4.78, 5) is 30.6. The molecular formula is C33H40FN5O4.